The van der Waals surface area contributed by atoms with Gasteiger partial charge >= 0.3 is 12.1 Å². The molecule has 1 amide bonds. The number of imidazole rings is 1. The van der Waals surface area contributed by atoms with Crippen LogP contribution in [-0.2, 0) is 25.7 Å². The van der Waals surface area contributed by atoms with E-state index in [4.69, 9.17) is 14.6 Å². The van der Waals surface area contributed by atoms with Crippen molar-refractivity contribution in [2.75, 3.05) is 20.2 Å². The minimum atomic E-state index is -5.19. The number of esters is 1. The Hall–Kier alpha value is -4.19. The first kappa shape index (κ1) is 31.0. The van der Waals surface area contributed by atoms with E-state index in [1.54, 1.807) is 17.4 Å². The van der Waals surface area contributed by atoms with E-state index < -0.39 is 30.1 Å². The van der Waals surface area contributed by atoms with E-state index in [1.165, 1.54) is 7.11 Å². The minimum absolute atomic E-state index is 0.114. The molecule has 0 bridgehead atoms. The molecule has 0 aliphatic carbocycles. The number of aliphatic carboxylic acids is 1. The molecule has 1 unspecified atom stereocenters. The third-order valence-corrected chi connectivity index (χ3v) is 5.73. The number of quaternary nitrogens is 1. The zero-order valence-electron chi connectivity index (χ0n) is 21.4. The Balaban J connectivity index is 0.000000673. The molecule has 0 spiro atoms. The average Bonchev–Trinajstić information content (AvgIpc) is 3.44. The standard InChI is InChI=1S/C25H30N4O3.C2HF3O2/c1-32-25(31)22(13-14-26)29(17-8-16-28-18-15-27-19-28)24(30)23(20-9-4-2-5-10-20)21-11-6-3-7-12-21;3-2(4,5)1(6)7/h2-7,9-12,15,18-19,22-23H,8,13-14,16-17,26H2,1H3;(H,6,7). The fraction of sp³-hybridized carbons (Fsp3) is 0.333. The first-order valence-electron chi connectivity index (χ1n) is 12.1. The van der Waals surface area contributed by atoms with Gasteiger partial charge in [0.2, 0.25) is 5.91 Å². The van der Waals surface area contributed by atoms with Crippen LogP contribution in [-0.4, -0.2) is 64.7 Å². The van der Waals surface area contributed by atoms with Crippen molar-refractivity contribution < 1.29 is 43.1 Å². The van der Waals surface area contributed by atoms with Gasteiger partial charge in [0.25, 0.3) is 0 Å². The van der Waals surface area contributed by atoms with Gasteiger partial charge in [-0.05, 0) is 17.5 Å². The molecule has 1 aromatic heterocycles. The Morgan fingerprint density at radius 3 is 2.00 bits per heavy atom. The van der Waals surface area contributed by atoms with Crippen molar-refractivity contribution in [1.29, 1.82) is 0 Å². The number of carboxylic acid groups (broad SMARTS) is 1. The zero-order chi connectivity index (χ0) is 28.8. The molecule has 1 heterocycles. The van der Waals surface area contributed by atoms with Crippen LogP contribution in [0.2, 0.25) is 0 Å². The molecule has 0 saturated heterocycles. The molecule has 9 nitrogen and oxygen atoms in total. The van der Waals surface area contributed by atoms with Crippen LogP contribution in [0.15, 0.2) is 79.4 Å². The van der Waals surface area contributed by atoms with Crippen LogP contribution in [0.3, 0.4) is 0 Å². The van der Waals surface area contributed by atoms with E-state index in [-0.39, 0.29) is 5.91 Å². The van der Waals surface area contributed by atoms with Crippen molar-refractivity contribution in [3.05, 3.63) is 90.5 Å². The molecule has 3 rings (SSSR count). The summed E-state index contributed by atoms with van der Waals surface area (Å²) >= 11 is 0. The van der Waals surface area contributed by atoms with E-state index >= 15 is 0 Å². The number of amides is 1. The van der Waals surface area contributed by atoms with Crippen LogP contribution < -0.4 is 10.8 Å². The normalized spacial score (nSPS) is 11.7. The number of aromatic nitrogens is 2. The molecule has 2 aromatic carbocycles. The quantitative estimate of drug-likeness (QED) is 0.361. The molecule has 0 aliphatic rings. The molecular weight excluding hydrogens is 517 g/mol. The maximum atomic E-state index is 14.1. The van der Waals surface area contributed by atoms with Crippen molar-refractivity contribution in [1.82, 2.24) is 14.5 Å². The highest BCUT2D eigenvalue weighted by molar-refractivity contribution is 5.91. The Bertz CT molecular complexity index is 1120. The summed E-state index contributed by atoms with van der Waals surface area (Å²) in [5.74, 6) is -4.04. The van der Waals surface area contributed by atoms with Gasteiger partial charge in [-0.25, -0.2) is 9.78 Å². The molecular formula is C27H31F3N4O5. The second-order valence-electron chi connectivity index (χ2n) is 8.41. The topological polar surface area (TPSA) is 132 Å². The van der Waals surface area contributed by atoms with Crippen molar-refractivity contribution in [2.24, 2.45) is 0 Å². The monoisotopic (exact) mass is 548 g/mol. The molecule has 1 atom stereocenters. The molecule has 3 aromatic rings. The van der Waals surface area contributed by atoms with E-state index in [1.807, 2.05) is 71.4 Å². The summed E-state index contributed by atoms with van der Waals surface area (Å²) < 4.78 is 38.6. The van der Waals surface area contributed by atoms with Crippen molar-refractivity contribution in [3.63, 3.8) is 0 Å². The van der Waals surface area contributed by atoms with Crippen LogP contribution in [0.25, 0.3) is 0 Å². The number of alkyl halides is 3. The molecule has 210 valence electrons. The lowest BCUT2D eigenvalue weighted by atomic mass is 9.89. The molecule has 0 fully saturated rings. The summed E-state index contributed by atoms with van der Waals surface area (Å²) in [6.07, 6.45) is 1.29. The highest BCUT2D eigenvalue weighted by Gasteiger charge is 2.35. The first-order chi connectivity index (χ1) is 18.6. The smallest absolute Gasteiger partial charge is 0.430 e. The number of benzene rings is 2. The molecule has 12 heteroatoms. The highest BCUT2D eigenvalue weighted by Crippen LogP contribution is 2.28. The van der Waals surface area contributed by atoms with Crippen LogP contribution in [0.1, 0.15) is 29.9 Å². The number of aryl methyl sites for hydroxylation is 1. The van der Waals surface area contributed by atoms with Crippen LogP contribution in [0.4, 0.5) is 13.2 Å². The number of ether oxygens (including phenoxy) is 1. The fourth-order valence-corrected chi connectivity index (χ4v) is 3.93. The van der Waals surface area contributed by atoms with E-state index in [9.17, 15) is 22.8 Å². The van der Waals surface area contributed by atoms with E-state index in [0.717, 1.165) is 11.1 Å². The van der Waals surface area contributed by atoms with E-state index in [2.05, 4.69) is 10.7 Å². The third kappa shape index (κ3) is 9.56. The van der Waals surface area contributed by atoms with Gasteiger partial charge in [0.15, 0.2) is 0 Å². The van der Waals surface area contributed by atoms with Gasteiger partial charge in [0.05, 0.1) is 25.9 Å². The van der Waals surface area contributed by atoms with Crippen molar-refractivity contribution >= 4 is 17.8 Å². The molecule has 0 aliphatic heterocycles. The number of hydrogen-bond donors (Lipinski definition) is 1. The lowest BCUT2D eigenvalue weighted by molar-refractivity contribution is -0.369. The highest BCUT2D eigenvalue weighted by atomic mass is 19.4. The van der Waals surface area contributed by atoms with Gasteiger partial charge in [-0.15, -0.1) is 0 Å². The van der Waals surface area contributed by atoms with Crippen molar-refractivity contribution in [2.45, 2.75) is 37.5 Å². The Labute approximate surface area is 224 Å². The summed E-state index contributed by atoms with van der Waals surface area (Å²) in [5.41, 5.74) is 5.69. The largest absolute Gasteiger partial charge is 0.542 e. The third-order valence-electron chi connectivity index (χ3n) is 5.73. The number of carbonyl (C=O) groups is 3. The number of methoxy groups -OCH3 is 1. The predicted octanol–water partition coefficient (Wildman–Crippen LogP) is 1.41. The fourth-order valence-electron chi connectivity index (χ4n) is 3.93. The summed E-state index contributed by atoms with van der Waals surface area (Å²) in [6.45, 7) is 1.64. The van der Waals surface area contributed by atoms with E-state index in [0.29, 0.717) is 32.5 Å². The summed E-state index contributed by atoms with van der Waals surface area (Å²) in [4.78, 5) is 41.3. The lowest BCUT2D eigenvalue weighted by Gasteiger charge is -2.33. The SMILES string of the molecule is COC(=O)C(CC[NH3+])N(CCCn1ccnc1)C(=O)C(c1ccccc1)c1ccccc1.O=C([O-])C(F)(F)F. The summed E-state index contributed by atoms with van der Waals surface area (Å²) in [6, 6.07) is 18.7. The lowest BCUT2D eigenvalue weighted by Crippen LogP contribution is -2.56. The maximum Gasteiger partial charge on any atom is 0.430 e. The number of nitrogens with zero attached hydrogens (tertiary/aromatic N) is 3. The second kappa shape index (κ2) is 15.3. The Kier molecular flexibility index (Phi) is 12.2. The number of halogens is 3. The second-order valence-corrected chi connectivity index (χ2v) is 8.41. The number of carbonyl (C=O) groups excluding carboxylic acids is 3. The molecule has 39 heavy (non-hydrogen) atoms. The summed E-state index contributed by atoms with van der Waals surface area (Å²) in [7, 11) is 1.36. The minimum Gasteiger partial charge on any atom is -0.542 e. The molecule has 3 N–H and O–H groups in total. The molecule has 0 radical (unpaired) electrons. The number of carboxylic acids is 1. The van der Waals surface area contributed by atoms with Crippen LogP contribution in [0.5, 0.6) is 0 Å². The number of hydrogen-bond acceptors (Lipinski definition) is 6. The van der Waals surface area contributed by atoms with Gasteiger partial charge in [0.1, 0.15) is 12.0 Å². The Morgan fingerprint density at radius 2 is 1.59 bits per heavy atom. The van der Waals surface area contributed by atoms with Gasteiger partial charge < -0.3 is 29.8 Å². The predicted molar refractivity (Wildman–Crippen MR) is 133 cm³/mol. The van der Waals surface area contributed by atoms with Crippen LogP contribution in [0, 0.1) is 0 Å². The first-order valence-corrected chi connectivity index (χ1v) is 12.1. The maximum absolute atomic E-state index is 14.1. The van der Waals surface area contributed by atoms with Gasteiger partial charge in [0, 0.05) is 31.9 Å². The number of rotatable bonds is 11. The zero-order valence-corrected chi connectivity index (χ0v) is 21.4. The van der Waals surface area contributed by atoms with Gasteiger partial charge in [-0.2, -0.15) is 13.2 Å². The van der Waals surface area contributed by atoms with Gasteiger partial charge in [-0.1, -0.05) is 60.7 Å². The Morgan fingerprint density at radius 1 is 1.05 bits per heavy atom. The van der Waals surface area contributed by atoms with Crippen molar-refractivity contribution in [3.8, 4) is 0 Å². The van der Waals surface area contributed by atoms with Gasteiger partial charge in [-0.3, -0.25) is 4.79 Å². The summed E-state index contributed by atoms with van der Waals surface area (Å²) in [5, 5.41) is 8.78. The van der Waals surface area contributed by atoms with Crippen LogP contribution >= 0.6 is 0 Å². The molecule has 0 saturated carbocycles. The average molecular weight is 549 g/mol.